The summed E-state index contributed by atoms with van der Waals surface area (Å²) in [6.45, 7) is 13.9. The van der Waals surface area contributed by atoms with Crippen molar-refractivity contribution in [3.63, 3.8) is 0 Å². The van der Waals surface area contributed by atoms with Gasteiger partial charge in [-0.2, -0.15) is 0 Å². The fraction of sp³-hybridized carbons (Fsp3) is 0.405. The molecule has 0 bridgehead atoms. The smallest absolute Gasteiger partial charge is 0.0278 e. The zero-order valence-electron chi connectivity index (χ0n) is 23.2. The second kappa shape index (κ2) is 9.79. The topological polar surface area (TPSA) is 0 Å². The summed E-state index contributed by atoms with van der Waals surface area (Å²) in [6.07, 6.45) is 20.2. The first-order chi connectivity index (χ1) is 17.9. The fourth-order valence-corrected chi connectivity index (χ4v) is 7.45. The maximum Gasteiger partial charge on any atom is 0.0278 e. The van der Waals surface area contributed by atoms with Gasteiger partial charge in [-0.25, -0.2) is 0 Å². The highest BCUT2D eigenvalue weighted by molar-refractivity contribution is 5.85. The minimum absolute atomic E-state index is 0.400. The van der Waals surface area contributed by atoms with Crippen LogP contribution in [0.1, 0.15) is 98.2 Å². The molecular weight excluding hydrogens is 444 g/mol. The Bertz CT molecular complexity index is 1370. The van der Waals surface area contributed by atoms with Crippen LogP contribution in [0.25, 0.3) is 11.1 Å². The molecule has 0 aliphatic heterocycles. The van der Waals surface area contributed by atoms with Crippen LogP contribution in [0.15, 0.2) is 78.4 Å². The average Bonchev–Trinajstić information content (AvgIpc) is 3.58. The van der Waals surface area contributed by atoms with Crippen LogP contribution in [0.2, 0.25) is 0 Å². The zero-order chi connectivity index (χ0) is 25.7. The average molecular weight is 487 g/mol. The molecule has 6 rings (SSSR count). The number of benzene rings is 2. The molecule has 2 aromatic carbocycles. The third kappa shape index (κ3) is 4.65. The second-order valence-electron chi connectivity index (χ2n) is 12.7. The van der Waals surface area contributed by atoms with Crippen molar-refractivity contribution in [3.8, 4) is 0 Å². The van der Waals surface area contributed by atoms with E-state index in [0.29, 0.717) is 11.8 Å². The van der Waals surface area contributed by atoms with Crippen LogP contribution in [-0.4, -0.2) is 0 Å². The molecule has 0 saturated heterocycles. The Morgan fingerprint density at radius 2 is 1.86 bits per heavy atom. The fourth-order valence-electron chi connectivity index (χ4n) is 7.45. The van der Waals surface area contributed by atoms with Crippen molar-refractivity contribution < 1.29 is 0 Å². The third-order valence-electron chi connectivity index (χ3n) is 9.20. The van der Waals surface area contributed by atoms with Crippen LogP contribution in [0.5, 0.6) is 0 Å². The molecule has 0 amide bonds. The Labute approximate surface area is 224 Å². The van der Waals surface area contributed by atoms with Crippen LogP contribution in [0.3, 0.4) is 0 Å². The van der Waals surface area contributed by atoms with E-state index in [4.69, 9.17) is 0 Å². The summed E-state index contributed by atoms with van der Waals surface area (Å²) in [5.41, 5.74) is 16.1. The van der Waals surface area contributed by atoms with Gasteiger partial charge in [0.15, 0.2) is 0 Å². The van der Waals surface area contributed by atoms with Crippen LogP contribution in [-0.2, 0) is 19.3 Å². The number of fused-ring (bicyclic) bond motifs is 2. The Balaban J connectivity index is 1.32. The standard InChI is InChI=1S/C37H42/c1-23(2)18-31-22-27(9-15-32(31)28-10-6-24(3)19-28)21-30-12-17-35(36-14-8-26(5)37(30)36)34-16-11-29-20-25(4)7-13-33(29)34/h7,9,11-13,15-17,20,22-24,28,33H,5-6,8,10,14,18-19,21H2,1-4H3/t24-,28+,33?/m1/s1. The van der Waals surface area contributed by atoms with Crippen LogP contribution >= 0.6 is 0 Å². The number of hydrogen-bond acceptors (Lipinski definition) is 0. The summed E-state index contributed by atoms with van der Waals surface area (Å²) < 4.78 is 0. The van der Waals surface area contributed by atoms with E-state index in [1.807, 2.05) is 0 Å². The lowest BCUT2D eigenvalue weighted by molar-refractivity contribution is 0.589. The molecule has 3 atom stereocenters. The summed E-state index contributed by atoms with van der Waals surface area (Å²) in [7, 11) is 0. The van der Waals surface area contributed by atoms with E-state index in [0.717, 1.165) is 31.1 Å². The van der Waals surface area contributed by atoms with Crippen molar-refractivity contribution in [1.82, 2.24) is 0 Å². The molecular formula is C37H42. The molecule has 190 valence electrons. The second-order valence-corrected chi connectivity index (χ2v) is 12.7. The lowest BCUT2D eigenvalue weighted by Gasteiger charge is -2.22. The number of allylic oxidation sites excluding steroid dienone is 9. The molecule has 1 unspecified atom stereocenters. The van der Waals surface area contributed by atoms with E-state index in [1.54, 1.807) is 11.1 Å². The van der Waals surface area contributed by atoms with Crippen molar-refractivity contribution in [2.75, 3.05) is 0 Å². The van der Waals surface area contributed by atoms with Gasteiger partial charge in [-0.05, 0) is 119 Å². The molecule has 4 aliphatic rings. The van der Waals surface area contributed by atoms with Gasteiger partial charge in [-0.1, -0.05) is 100 Å². The Morgan fingerprint density at radius 1 is 1.00 bits per heavy atom. The lowest BCUT2D eigenvalue weighted by Crippen LogP contribution is -2.07. The molecule has 0 aromatic heterocycles. The molecule has 0 radical (unpaired) electrons. The van der Waals surface area contributed by atoms with Gasteiger partial charge in [0, 0.05) is 5.92 Å². The van der Waals surface area contributed by atoms with Gasteiger partial charge >= 0.3 is 0 Å². The first-order valence-corrected chi connectivity index (χ1v) is 14.6. The van der Waals surface area contributed by atoms with Gasteiger partial charge in [0.2, 0.25) is 0 Å². The molecule has 0 heterocycles. The Morgan fingerprint density at radius 3 is 2.65 bits per heavy atom. The Kier molecular flexibility index (Phi) is 6.47. The van der Waals surface area contributed by atoms with Gasteiger partial charge in [-0.3, -0.25) is 0 Å². The van der Waals surface area contributed by atoms with E-state index in [9.17, 15) is 0 Å². The maximum absolute atomic E-state index is 4.53. The first-order valence-electron chi connectivity index (χ1n) is 14.6. The van der Waals surface area contributed by atoms with Crippen molar-refractivity contribution in [2.45, 2.75) is 78.6 Å². The van der Waals surface area contributed by atoms with Crippen LogP contribution in [0.4, 0.5) is 0 Å². The minimum Gasteiger partial charge on any atom is -0.0952 e. The van der Waals surface area contributed by atoms with E-state index in [2.05, 4.69) is 95.0 Å². The normalized spacial score (nSPS) is 24.3. The van der Waals surface area contributed by atoms with Gasteiger partial charge < -0.3 is 0 Å². The van der Waals surface area contributed by atoms with Crippen molar-refractivity contribution >= 4 is 11.1 Å². The highest BCUT2D eigenvalue weighted by Crippen LogP contribution is 2.45. The predicted octanol–water partition coefficient (Wildman–Crippen LogP) is 9.79. The molecule has 1 fully saturated rings. The SMILES string of the molecule is C=C1CCc2c(C3=CC=C4C=C(C)C=CC43)ccc(Cc3ccc([C@H]4CC[C@@H](C)C4)c(CC(C)C)c3)c21. The molecule has 37 heavy (non-hydrogen) atoms. The van der Waals surface area contributed by atoms with E-state index in [-0.39, 0.29) is 0 Å². The van der Waals surface area contributed by atoms with E-state index in [1.165, 1.54) is 75.8 Å². The quantitative estimate of drug-likeness (QED) is 0.381. The highest BCUT2D eigenvalue weighted by atomic mass is 14.3. The molecule has 4 aliphatic carbocycles. The maximum atomic E-state index is 4.53. The molecule has 0 spiro atoms. The van der Waals surface area contributed by atoms with Crippen LogP contribution in [0, 0.1) is 17.8 Å². The van der Waals surface area contributed by atoms with E-state index >= 15 is 0 Å². The van der Waals surface area contributed by atoms with Gasteiger partial charge in [0.25, 0.3) is 0 Å². The minimum atomic E-state index is 0.400. The monoisotopic (exact) mass is 486 g/mol. The van der Waals surface area contributed by atoms with Crippen molar-refractivity contribution in [2.24, 2.45) is 17.8 Å². The summed E-state index contributed by atoms with van der Waals surface area (Å²) >= 11 is 0. The first kappa shape index (κ1) is 24.5. The highest BCUT2D eigenvalue weighted by Gasteiger charge is 2.29. The number of rotatable bonds is 6. The zero-order valence-corrected chi connectivity index (χ0v) is 23.2. The molecule has 2 aromatic rings. The predicted molar refractivity (Wildman–Crippen MR) is 160 cm³/mol. The molecule has 0 N–H and O–H groups in total. The summed E-state index contributed by atoms with van der Waals surface area (Å²) in [5, 5.41) is 0. The van der Waals surface area contributed by atoms with Crippen LogP contribution < -0.4 is 0 Å². The molecule has 1 saturated carbocycles. The molecule has 0 nitrogen and oxygen atoms in total. The van der Waals surface area contributed by atoms with Gasteiger partial charge in [0.1, 0.15) is 0 Å². The third-order valence-corrected chi connectivity index (χ3v) is 9.20. The summed E-state index contributed by atoms with van der Waals surface area (Å²) in [6, 6.07) is 12.3. The van der Waals surface area contributed by atoms with Gasteiger partial charge in [-0.15, -0.1) is 0 Å². The van der Waals surface area contributed by atoms with Crippen molar-refractivity contribution in [1.29, 1.82) is 0 Å². The largest absolute Gasteiger partial charge is 0.0952 e. The Hall–Kier alpha value is -2.86. The summed E-state index contributed by atoms with van der Waals surface area (Å²) in [4.78, 5) is 0. The lowest BCUT2D eigenvalue weighted by atomic mass is 9.82. The molecule has 0 heteroatoms. The number of hydrogen-bond donors (Lipinski definition) is 0. The van der Waals surface area contributed by atoms with Crippen molar-refractivity contribution in [3.05, 3.63) is 117 Å². The summed E-state index contributed by atoms with van der Waals surface area (Å²) in [5.74, 6) is 2.71. The van der Waals surface area contributed by atoms with Gasteiger partial charge in [0.05, 0.1) is 0 Å². The van der Waals surface area contributed by atoms with E-state index < -0.39 is 0 Å².